The summed E-state index contributed by atoms with van der Waals surface area (Å²) in [4.78, 5) is 29.6. The summed E-state index contributed by atoms with van der Waals surface area (Å²) < 4.78 is 13.8. The van der Waals surface area contributed by atoms with Gasteiger partial charge in [0.25, 0.3) is 5.91 Å². The lowest BCUT2D eigenvalue weighted by atomic mass is 10.2. The molecule has 2 heterocycles. The number of aromatic nitrogens is 1. The van der Waals surface area contributed by atoms with Gasteiger partial charge in [0.15, 0.2) is 0 Å². The third-order valence-electron chi connectivity index (χ3n) is 3.60. The lowest BCUT2D eigenvalue weighted by Gasteiger charge is -2.17. The van der Waals surface area contributed by atoms with Crippen LogP contribution in [0.15, 0.2) is 48.8 Å². The van der Waals surface area contributed by atoms with E-state index in [1.807, 2.05) is 0 Å². The quantitative estimate of drug-likeness (QED) is 0.939. The van der Waals surface area contributed by atoms with Crippen LogP contribution in [0.3, 0.4) is 0 Å². The van der Waals surface area contributed by atoms with Gasteiger partial charge in [0.1, 0.15) is 11.9 Å². The van der Waals surface area contributed by atoms with E-state index in [1.165, 1.54) is 23.4 Å². The summed E-state index contributed by atoms with van der Waals surface area (Å²) in [6.45, 7) is 0.376. The molecule has 0 saturated carbocycles. The molecule has 1 fully saturated rings. The van der Waals surface area contributed by atoms with Gasteiger partial charge in [-0.15, -0.1) is 0 Å². The minimum Gasteiger partial charge on any atom is -0.340 e. The highest BCUT2D eigenvalue weighted by Crippen LogP contribution is 2.24. The van der Waals surface area contributed by atoms with Crippen LogP contribution in [0.25, 0.3) is 0 Å². The first-order chi connectivity index (χ1) is 10.7. The molecular weight excluding hydrogens is 285 g/mol. The summed E-state index contributed by atoms with van der Waals surface area (Å²) in [5, 5.41) is 2.68. The molecule has 1 atom stereocenters. The van der Waals surface area contributed by atoms with Crippen molar-refractivity contribution >= 4 is 17.5 Å². The Morgan fingerprint density at radius 2 is 1.95 bits per heavy atom. The molecule has 3 rings (SSSR count). The summed E-state index contributed by atoms with van der Waals surface area (Å²) in [7, 11) is 0. The summed E-state index contributed by atoms with van der Waals surface area (Å²) >= 11 is 0. The average Bonchev–Trinajstić information content (AvgIpc) is 2.90. The van der Waals surface area contributed by atoms with Gasteiger partial charge in [-0.3, -0.25) is 14.6 Å². The molecule has 1 unspecified atom stereocenters. The van der Waals surface area contributed by atoms with Crippen LogP contribution in [0.5, 0.6) is 0 Å². The van der Waals surface area contributed by atoms with Crippen LogP contribution in [0.1, 0.15) is 16.8 Å². The fourth-order valence-corrected chi connectivity index (χ4v) is 2.47. The van der Waals surface area contributed by atoms with Gasteiger partial charge in [-0.2, -0.15) is 0 Å². The third-order valence-corrected chi connectivity index (χ3v) is 3.60. The molecule has 0 radical (unpaired) electrons. The summed E-state index contributed by atoms with van der Waals surface area (Å²) in [6, 6.07) is 8.62. The lowest BCUT2D eigenvalue weighted by Crippen LogP contribution is -2.41. The van der Waals surface area contributed by atoms with Gasteiger partial charge in [0.2, 0.25) is 5.91 Å². The van der Waals surface area contributed by atoms with Crippen molar-refractivity contribution in [1.29, 1.82) is 0 Å². The van der Waals surface area contributed by atoms with Crippen molar-refractivity contribution in [2.75, 3.05) is 11.4 Å². The largest absolute Gasteiger partial charge is 0.340 e. The minimum absolute atomic E-state index is 0.244. The number of amides is 2. The zero-order valence-electron chi connectivity index (χ0n) is 11.7. The number of rotatable bonds is 3. The molecule has 112 valence electrons. The molecule has 1 aliphatic heterocycles. The van der Waals surface area contributed by atoms with E-state index in [0.717, 1.165) is 0 Å². The molecule has 2 aromatic rings. The normalized spacial score (nSPS) is 17.6. The van der Waals surface area contributed by atoms with Gasteiger partial charge in [-0.25, -0.2) is 4.39 Å². The monoisotopic (exact) mass is 299 g/mol. The standard InChI is InChI=1S/C16H14FN3O2/c17-12-3-1-2-4-14(12)20-10-7-13(16(20)22)19-15(21)11-5-8-18-9-6-11/h1-6,8-9,13H,7,10H2,(H,19,21). The predicted molar refractivity (Wildman–Crippen MR) is 78.9 cm³/mol. The maximum Gasteiger partial charge on any atom is 0.252 e. The number of halogens is 1. The molecule has 1 aromatic carbocycles. The number of para-hydroxylation sites is 1. The first kappa shape index (κ1) is 14.2. The fourth-order valence-electron chi connectivity index (χ4n) is 2.47. The maximum absolute atomic E-state index is 13.8. The van der Waals surface area contributed by atoms with Gasteiger partial charge in [0, 0.05) is 24.5 Å². The molecule has 1 aliphatic rings. The number of nitrogens with one attached hydrogen (secondary N) is 1. The Morgan fingerprint density at radius 3 is 2.68 bits per heavy atom. The SMILES string of the molecule is O=C(NC1CCN(c2ccccc2F)C1=O)c1ccncc1. The topological polar surface area (TPSA) is 62.3 Å². The van der Waals surface area contributed by atoms with Gasteiger partial charge < -0.3 is 10.2 Å². The molecule has 1 N–H and O–H groups in total. The Balaban J connectivity index is 1.72. The summed E-state index contributed by atoms with van der Waals surface area (Å²) in [5.41, 5.74) is 0.681. The zero-order chi connectivity index (χ0) is 15.5. The molecule has 5 nitrogen and oxygen atoms in total. The van der Waals surface area contributed by atoms with Gasteiger partial charge in [0.05, 0.1) is 5.69 Å². The van der Waals surface area contributed by atoms with Crippen LogP contribution in [-0.2, 0) is 4.79 Å². The lowest BCUT2D eigenvalue weighted by molar-refractivity contribution is -0.118. The zero-order valence-corrected chi connectivity index (χ0v) is 11.7. The molecular formula is C16H14FN3O2. The van der Waals surface area contributed by atoms with Gasteiger partial charge in [-0.1, -0.05) is 12.1 Å². The van der Waals surface area contributed by atoms with Crippen molar-refractivity contribution in [2.24, 2.45) is 0 Å². The average molecular weight is 299 g/mol. The van der Waals surface area contributed by atoms with E-state index in [-0.39, 0.29) is 17.5 Å². The van der Waals surface area contributed by atoms with E-state index in [9.17, 15) is 14.0 Å². The highest BCUT2D eigenvalue weighted by Gasteiger charge is 2.34. The van der Waals surface area contributed by atoms with E-state index in [4.69, 9.17) is 0 Å². The molecule has 1 aromatic heterocycles. The molecule has 6 heteroatoms. The smallest absolute Gasteiger partial charge is 0.252 e. The first-order valence-corrected chi connectivity index (χ1v) is 6.93. The van der Waals surface area contributed by atoms with Crippen LogP contribution < -0.4 is 10.2 Å². The van der Waals surface area contributed by atoms with E-state index in [0.29, 0.717) is 18.5 Å². The Morgan fingerprint density at radius 1 is 1.23 bits per heavy atom. The van der Waals surface area contributed by atoms with Crippen molar-refractivity contribution in [3.05, 3.63) is 60.2 Å². The Bertz CT molecular complexity index is 706. The number of carbonyl (C=O) groups is 2. The molecule has 2 amide bonds. The number of carbonyl (C=O) groups excluding carboxylic acids is 2. The predicted octanol–water partition coefficient (Wildman–Crippen LogP) is 1.76. The highest BCUT2D eigenvalue weighted by atomic mass is 19.1. The minimum atomic E-state index is -0.639. The van der Waals surface area contributed by atoms with Crippen molar-refractivity contribution in [3.8, 4) is 0 Å². The Kier molecular flexibility index (Phi) is 3.82. The molecule has 0 aliphatic carbocycles. The highest BCUT2D eigenvalue weighted by molar-refractivity contribution is 6.03. The number of benzene rings is 1. The van der Waals surface area contributed by atoms with Gasteiger partial charge >= 0.3 is 0 Å². The van der Waals surface area contributed by atoms with Crippen LogP contribution in [-0.4, -0.2) is 29.4 Å². The Labute approximate surface area is 126 Å². The van der Waals surface area contributed by atoms with Crippen molar-refractivity contribution < 1.29 is 14.0 Å². The second-order valence-electron chi connectivity index (χ2n) is 4.99. The maximum atomic E-state index is 13.8. The number of pyridine rings is 1. The molecule has 22 heavy (non-hydrogen) atoms. The van der Waals surface area contributed by atoms with Crippen LogP contribution in [0.2, 0.25) is 0 Å². The fraction of sp³-hybridized carbons (Fsp3) is 0.188. The number of anilines is 1. The van der Waals surface area contributed by atoms with Crippen molar-refractivity contribution in [2.45, 2.75) is 12.5 Å². The van der Waals surface area contributed by atoms with E-state index in [1.54, 1.807) is 30.3 Å². The van der Waals surface area contributed by atoms with Crippen LogP contribution in [0.4, 0.5) is 10.1 Å². The second-order valence-corrected chi connectivity index (χ2v) is 4.99. The van der Waals surface area contributed by atoms with Crippen LogP contribution in [0, 0.1) is 5.82 Å². The molecule has 1 saturated heterocycles. The number of hydrogen-bond donors (Lipinski definition) is 1. The van der Waals surface area contributed by atoms with Crippen LogP contribution >= 0.6 is 0 Å². The summed E-state index contributed by atoms with van der Waals surface area (Å²) in [6.07, 6.45) is 3.47. The summed E-state index contributed by atoms with van der Waals surface area (Å²) in [5.74, 6) is -1.08. The first-order valence-electron chi connectivity index (χ1n) is 6.93. The number of nitrogens with zero attached hydrogens (tertiary/aromatic N) is 2. The van der Waals surface area contributed by atoms with Gasteiger partial charge in [-0.05, 0) is 30.7 Å². The third kappa shape index (κ3) is 2.67. The van der Waals surface area contributed by atoms with E-state index >= 15 is 0 Å². The van der Waals surface area contributed by atoms with E-state index in [2.05, 4.69) is 10.3 Å². The van der Waals surface area contributed by atoms with Crippen molar-refractivity contribution in [3.63, 3.8) is 0 Å². The molecule has 0 bridgehead atoms. The molecule has 0 spiro atoms. The second kappa shape index (κ2) is 5.93. The van der Waals surface area contributed by atoms with Crippen molar-refractivity contribution in [1.82, 2.24) is 10.3 Å². The Hall–Kier alpha value is -2.76. The number of hydrogen-bond acceptors (Lipinski definition) is 3. The van der Waals surface area contributed by atoms with E-state index < -0.39 is 11.9 Å².